The number of benzene rings is 2. The van der Waals surface area contributed by atoms with Crippen LogP contribution in [0.2, 0.25) is 0 Å². The van der Waals surface area contributed by atoms with Crippen LogP contribution in [-0.2, 0) is 11.3 Å². The maximum atomic E-state index is 12.3. The minimum atomic E-state index is -0.214. The first-order chi connectivity index (χ1) is 13.5. The van der Waals surface area contributed by atoms with Crippen molar-refractivity contribution in [2.24, 2.45) is 0 Å². The van der Waals surface area contributed by atoms with Gasteiger partial charge in [0.15, 0.2) is 11.5 Å². The molecule has 0 aliphatic carbocycles. The minimum Gasteiger partial charge on any atom is -0.493 e. The van der Waals surface area contributed by atoms with Gasteiger partial charge >= 0.3 is 0 Å². The Labute approximate surface area is 162 Å². The van der Waals surface area contributed by atoms with Crippen LogP contribution in [0.4, 0.5) is 5.69 Å². The van der Waals surface area contributed by atoms with E-state index in [1.165, 1.54) is 17.7 Å². The second kappa shape index (κ2) is 8.39. The van der Waals surface area contributed by atoms with Crippen molar-refractivity contribution in [2.45, 2.75) is 13.5 Å². The number of nitrogens with one attached hydrogen (secondary N) is 1. The lowest BCUT2D eigenvalue weighted by molar-refractivity contribution is -0.114. The number of amides is 1. The summed E-state index contributed by atoms with van der Waals surface area (Å²) in [5.41, 5.74) is 2.76. The first kappa shape index (κ1) is 19.2. The van der Waals surface area contributed by atoms with Crippen LogP contribution in [0, 0.1) is 0 Å². The van der Waals surface area contributed by atoms with Crippen molar-refractivity contribution in [3.63, 3.8) is 0 Å². The number of hydrogen-bond donors (Lipinski definition) is 1. The number of carbonyl (C=O) groups excluding carboxylic acids is 1. The molecule has 28 heavy (non-hydrogen) atoms. The van der Waals surface area contributed by atoms with Gasteiger partial charge in [-0.05, 0) is 42.0 Å². The molecule has 2 aromatic carbocycles. The van der Waals surface area contributed by atoms with E-state index in [9.17, 15) is 9.59 Å². The van der Waals surface area contributed by atoms with E-state index in [0.717, 1.165) is 11.1 Å². The Morgan fingerprint density at radius 1 is 1.04 bits per heavy atom. The van der Waals surface area contributed by atoms with Gasteiger partial charge in [0.1, 0.15) is 0 Å². The third kappa shape index (κ3) is 4.37. The van der Waals surface area contributed by atoms with Crippen LogP contribution in [0.25, 0.3) is 11.3 Å². The lowest BCUT2D eigenvalue weighted by Crippen LogP contribution is -2.23. The zero-order chi connectivity index (χ0) is 20.1. The highest BCUT2D eigenvalue weighted by atomic mass is 16.5. The van der Waals surface area contributed by atoms with Gasteiger partial charge in [-0.15, -0.1) is 0 Å². The number of carbonyl (C=O) groups is 1. The first-order valence-electron chi connectivity index (χ1n) is 8.67. The van der Waals surface area contributed by atoms with E-state index in [1.54, 1.807) is 32.4 Å². The van der Waals surface area contributed by atoms with Gasteiger partial charge in [0.05, 0.1) is 26.5 Å². The van der Waals surface area contributed by atoms with Gasteiger partial charge in [-0.3, -0.25) is 9.59 Å². The summed E-state index contributed by atoms with van der Waals surface area (Å²) < 4.78 is 12.0. The lowest BCUT2D eigenvalue weighted by atomic mass is 10.1. The molecule has 1 heterocycles. The van der Waals surface area contributed by atoms with Gasteiger partial charge in [-0.1, -0.05) is 12.1 Å². The normalized spacial score (nSPS) is 10.4. The number of rotatable bonds is 6. The average molecular weight is 379 g/mol. The highest BCUT2D eigenvalue weighted by Gasteiger charge is 2.09. The number of aromatic nitrogens is 2. The fourth-order valence-electron chi connectivity index (χ4n) is 2.84. The largest absolute Gasteiger partial charge is 0.493 e. The topological polar surface area (TPSA) is 82.5 Å². The fourth-order valence-corrected chi connectivity index (χ4v) is 2.84. The molecule has 0 bridgehead atoms. The molecular formula is C21H21N3O4. The van der Waals surface area contributed by atoms with E-state index >= 15 is 0 Å². The molecule has 7 nitrogen and oxygen atoms in total. The predicted molar refractivity (Wildman–Crippen MR) is 107 cm³/mol. The monoisotopic (exact) mass is 379 g/mol. The van der Waals surface area contributed by atoms with Crippen molar-refractivity contribution < 1.29 is 14.3 Å². The highest BCUT2D eigenvalue weighted by Crippen LogP contribution is 2.31. The maximum absolute atomic E-state index is 12.3. The summed E-state index contributed by atoms with van der Waals surface area (Å²) in [6.07, 6.45) is 0. The molecule has 0 atom stereocenters. The summed E-state index contributed by atoms with van der Waals surface area (Å²) >= 11 is 0. The van der Waals surface area contributed by atoms with Crippen LogP contribution in [0.1, 0.15) is 12.5 Å². The number of nitrogens with zero attached hydrogens (tertiary/aromatic N) is 2. The molecule has 0 saturated heterocycles. The van der Waals surface area contributed by atoms with Crippen molar-refractivity contribution in [1.82, 2.24) is 9.78 Å². The Morgan fingerprint density at radius 2 is 1.82 bits per heavy atom. The molecule has 144 valence electrons. The highest BCUT2D eigenvalue weighted by molar-refractivity contribution is 5.88. The molecule has 1 aromatic heterocycles. The third-order valence-electron chi connectivity index (χ3n) is 4.13. The minimum absolute atomic E-state index is 0.150. The molecule has 0 saturated carbocycles. The van der Waals surface area contributed by atoms with Crippen molar-refractivity contribution in [1.29, 1.82) is 0 Å². The standard InChI is InChI=1S/C21H21N3O4/c1-14(25)22-17-6-4-5-15(11-17)13-24-21(26)10-8-18(23-24)16-7-9-19(27-2)20(12-16)28-3/h4-12H,13H2,1-3H3,(H,22,25). The summed E-state index contributed by atoms with van der Waals surface area (Å²) in [5, 5.41) is 7.21. The number of anilines is 1. The van der Waals surface area contributed by atoms with Crippen molar-refractivity contribution in [2.75, 3.05) is 19.5 Å². The quantitative estimate of drug-likeness (QED) is 0.712. The summed E-state index contributed by atoms with van der Waals surface area (Å²) in [7, 11) is 3.14. The Bertz CT molecular complexity index is 1060. The lowest BCUT2D eigenvalue weighted by Gasteiger charge is -2.11. The van der Waals surface area contributed by atoms with E-state index < -0.39 is 0 Å². The number of methoxy groups -OCH3 is 2. The van der Waals surface area contributed by atoms with Crippen molar-refractivity contribution in [3.8, 4) is 22.8 Å². The van der Waals surface area contributed by atoms with E-state index in [-0.39, 0.29) is 18.0 Å². The first-order valence-corrected chi connectivity index (χ1v) is 8.67. The van der Waals surface area contributed by atoms with Gasteiger partial charge in [0.25, 0.3) is 5.56 Å². The van der Waals surface area contributed by atoms with E-state index in [2.05, 4.69) is 10.4 Å². The molecule has 0 spiro atoms. The second-order valence-electron chi connectivity index (χ2n) is 6.17. The Hall–Kier alpha value is -3.61. The molecule has 0 radical (unpaired) electrons. The Balaban J connectivity index is 1.92. The zero-order valence-corrected chi connectivity index (χ0v) is 15.9. The van der Waals surface area contributed by atoms with Gasteiger partial charge in [-0.25, -0.2) is 4.68 Å². The summed E-state index contributed by atoms with van der Waals surface area (Å²) in [6, 6.07) is 15.9. The fraction of sp³-hybridized carbons (Fsp3) is 0.190. The van der Waals surface area contributed by atoms with Crippen LogP contribution in [0.3, 0.4) is 0 Å². The molecule has 1 amide bonds. The van der Waals surface area contributed by atoms with Crippen molar-refractivity contribution >= 4 is 11.6 Å². The molecule has 0 aliphatic rings. The van der Waals surface area contributed by atoms with Gasteiger partial charge in [-0.2, -0.15) is 5.10 Å². The Kier molecular flexibility index (Phi) is 5.74. The van der Waals surface area contributed by atoms with Crippen LogP contribution >= 0.6 is 0 Å². The van der Waals surface area contributed by atoms with Gasteiger partial charge < -0.3 is 14.8 Å². The molecule has 3 aromatic rings. The van der Waals surface area contributed by atoms with E-state index in [1.807, 2.05) is 30.3 Å². The van der Waals surface area contributed by atoms with E-state index in [0.29, 0.717) is 22.9 Å². The van der Waals surface area contributed by atoms with Crippen LogP contribution in [-0.4, -0.2) is 29.9 Å². The average Bonchev–Trinajstić information content (AvgIpc) is 2.69. The molecule has 3 rings (SSSR count). The van der Waals surface area contributed by atoms with Crippen LogP contribution in [0.5, 0.6) is 11.5 Å². The Morgan fingerprint density at radius 3 is 2.54 bits per heavy atom. The van der Waals surface area contributed by atoms with Gasteiger partial charge in [0, 0.05) is 24.2 Å². The molecule has 0 unspecified atom stereocenters. The van der Waals surface area contributed by atoms with Crippen molar-refractivity contribution in [3.05, 3.63) is 70.5 Å². The van der Waals surface area contributed by atoms with Gasteiger partial charge in [0.2, 0.25) is 5.91 Å². The molecule has 0 aliphatic heterocycles. The zero-order valence-electron chi connectivity index (χ0n) is 15.9. The molecular weight excluding hydrogens is 358 g/mol. The molecule has 1 N–H and O–H groups in total. The number of hydrogen-bond acceptors (Lipinski definition) is 5. The summed E-state index contributed by atoms with van der Waals surface area (Å²) in [4.78, 5) is 23.5. The second-order valence-corrected chi connectivity index (χ2v) is 6.17. The van der Waals surface area contributed by atoms with Crippen LogP contribution in [0.15, 0.2) is 59.4 Å². The smallest absolute Gasteiger partial charge is 0.267 e. The van der Waals surface area contributed by atoms with E-state index in [4.69, 9.17) is 9.47 Å². The third-order valence-corrected chi connectivity index (χ3v) is 4.13. The summed E-state index contributed by atoms with van der Waals surface area (Å²) in [6.45, 7) is 1.73. The molecule has 7 heteroatoms. The molecule has 0 fully saturated rings. The SMILES string of the molecule is COc1ccc(-c2ccc(=O)n(Cc3cccc(NC(C)=O)c3)n2)cc1OC. The van der Waals surface area contributed by atoms with Crippen LogP contribution < -0.4 is 20.3 Å². The number of ether oxygens (including phenoxy) is 2. The maximum Gasteiger partial charge on any atom is 0.267 e. The predicted octanol–water partition coefficient (Wildman–Crippen LogP) is 2.93. The summed E-state index contributed by atoms with van der Waals surface area (Å²) in [5.74, 6) is 1.06.